The molecule has 0 bridgehead atoms. The Labute approximate surface area is 116 Å². The van der Waals surface area contributed by atoms with Crippen molar-refractivity contribution in [3.05, 3.63) is 0 Å². The van der Waals surface area contributed by atoms with Crippen LogP contribution in [0.15, 0.2) is 0 Å². The van der Waals surface area contributed by atoms with E-state index in [-0.39, 0.29) is 35.9 Å². The number of hydrogen-bond donors (Lipinski definition) is 2. The van der Waals surface area contributed by atoms with Gasteiger partial charge >= 0.3 is 0 Å². The highest BCUT2D eigenvalue weighted by atomic mass is 35.5. The Morgan fingerprint density at radius 2 is 2.11 bits per heavy atom. The molecule has 3 unspecified atom stereocenters. The fourth-order valence-corrected chi connectivity index (χ4v) is 2.49. The number of hydrogen-bond acceptors (Lipinski definition) is 3. The maximum absolute atomic E-state index is 12.1. The molecule has 0 aromatic heterocycles. The predicted octanol–water partition coefficient (Wildman–Crippen LogP) is 1.86. The van der Waals surface area contributed by atoms with E-state index in [1.807, 2.05) is 6.92 Å². The SMILES string of the molecule is CCCC(C)(N)C(=O)NC1CC(OC)C1(C)C.Cl. The van der Waals surface area contributed by atoms with E-state index in [0.29, 0.717) is 6.42 Å². The molecule has 18 heavy (non-hydrogen) atoms. The average Bonchev–Trinajstić information content (AvgIpc) is 2.23. The second kappa shape index (κ2) is 6.22. The van der Waals surface area contributed by atoms with Gasteiger partial charge < -0.3 is 15.8 Å². The van der Waals surface area contributed by atoms with Crippen molar-refractivity contribution in [3.63, 3.8) is 0 Å². The molecule has 3 N–H and O–H groups in total. The van der Waals surface area contributed by atoms with Crippen LogP contribution in [-0.2, 0) is 9.53 Å². The predicted molar refractivity (Wildman–Crippen MR) is 75.9 cm³/mol. The first-order chi connectivity index (χ1) is 7.75. The summed E-state index contributed by atoms with van der Waals surface area (Å²) in [6.45, 7) is 8.06. The summed E-state index contributed by atoms with van der Waals surface area (Å²) in [5, 5.41) is 3.05. The first-order valence-corrected chi connectivity index (χ1v) is 6.38. The molecule has 3 atom stereocenters. The third-order valence-corrected chi connectivity index (χ3v) is 4.06. The molecule has 1 saturated carbocycles. The Balaban J connectivity index is 0.00000289. The van der Waals surface area contributed by atoms with Crippen molar-refractivity contribution < 1.29 is 9.53 Å². The van der Waals surface area contributed by atoms with Gasteiger partial charge in [-0.1, -0.05) is 27.2 Å². The van der Waals surface area contributed by atoms with Crippen LogP contribution in [-0.4, -0.2) is 30.7 Å². The van der Waals surface area contributed by atoms with Gasteiger partial charge in [0.2, 0.25) is 5.91 Å². The van der Waals surface area contributed by atoms with Gasteiger partial charge in [-0.15, -0.1) is 12.4 Å². The number of rotatable bonds is 5. The molecule has 1 aliphatic carbocycles. The molecule has 1 rings (SSSR count). The van der Waals surface area contributed by atoms with E-state index in [4.69, 9.17) is 10.5 Å². The van der Waals surface area contributed by atoms with Crippen molar-refractivity contribution in [3.8, 4) is 0 Å². The van der Waals surface area contributed by atoms with Gasteiger partial charge in [0, 0.05) is 18.6 Å². The van der Waals surface area contributed by atoms with E-state index in [1.165, 1.54) is 0 Å². The summed E-state index contributed by atoms with van der Waals surface area (Å²) in [4.78, 5) is 12.1. The zero-order valence-corrected chi connectivity index (χ0v) is 12.9. The average molecular weight is 279 g/mol. The van der Waals surface area contributed by atoms with Crippen LogP contribution >= 0.6 is 12.4 Å². The Kier molecular flexibility index (Phi) is 6.11. The molecule has 0 saturated heterocycles. The van der Waals surface area contributed by atoms with Crippen LogP contribution in [0.3, 0.4) is 0 Å². The van der Waals surface area contributed by atoms with Crippen LogP contribution in [0, 0.1) is 5.41 Å². The molecule has 0 radical (unpaired) electrons. The first kappa shape index (κ1) is 17.7. The zero-order valence-electron chi connectivity index (χ0n) is 12.1. The highest BCUT2D eigenvalue weighted by Crippen LogP contribution is 2.42. The van der Waals surface area contributed by atoms with E-state index < -0.39 is 5.54 Å². The maximum atomic E-state index is 12.1. The standard InChI is InChI=1S/C13H26N2O2.ClH/c1-6-7-13(4,14)11(16)15-9-8-10(17-5)12(9,2)3;/h9-10H,6-8,14H2,1-5H3,(H,15,16);1H. The van der Waals surface area contributed by atoms with E-state index in [9.17, 15) is 4.79 Å². The summed E-state index contributed by atoms with van der Waals surface area (Å²) in [5.41, 5.74) is 5.24. The summed E-state index contributed by atoms with van der Waals surface area (Å²) in [6.07, 6.45) is 2.72. The van der Waals surface area contributed by atoms with Gasteiger partial charge in [-0.25, -0.2) is 0 Å². The third kappa shape index (κ3) is 3.37. The summed E-state index contributed by atoms with van der Waals surface area (Å²) in [6, 6.07) is 0.166. The zero-order chi connectivity index (χ0) is 13.3. The fourth-order valence-electron chi connectivity index (χ4n) is 2.49. The van der Waals surface area contributed by atoms with Crippen molar-refractivity contribution in [2.45, 2.75) is 64.6 Å². The smallest absolute Gasteiger partial charge is 0.240 e. The lowest BCUT2D eigenvalue weighted by molar-refractivity contribution is -0.137. The Bertz CT molecular complexity index is 293. The molecule has 0 aromatic carbocycles. The van der Waals surface area contributed by atoms with Crippen molar-refractivity contribution >= 4 is 18.3 Å². The third-order valence-electron chi connectivity index (χ3n) is 4.06. The van der Waals surface area contributed by atoms with Crippen LogP contribution in [0.4, 0.5) is 0 Å². The van der Waals surface area contributed by atoms with Gasteiger partial charge in [-0.2, -0.15) is 0 Å². The molecule has 0 heterocycles. The monoisotopic (exact) mass is 278 g/mol. The minimum absolute atomic E-state index is 0. The number of carbonyl (C=O) groups is 1. The first-order valence-electron chi connectivity index (χ1n) is 6.38. The van der Waals surface area contributed by atoms with Crippen LogP contribution in [0.2, 0.25) is 0 Å². The molecule has 4 nitrogen and oxygen atoms in total. The molecule has 0 spiro atoms. The lowest BCUT2D eigenvalue weighted by Gasteiger charge is -2.51. The number of nitrogens with two attached hydrogens (primary N) is 1. The molecule has 108 valence electrons. The normalized spacial score (nSPS) is 28.6. The molecule has 0 aromatic rings. The van der Waals surface area contributed by atoms with Crippen molar-refractivity contribution in [1.82, 2.24) is 5.32 Å². The Morgan fingerprint density at radius 1 is 1.56 bits per heavy atom. The number of carbonyl (C=O) groups excluding carboxylic acids is 1. The highest BCUT2D eigenvalue weighted by Gasteiger charge is 2.50. The van der Waals surface area contributed by atoms with E-state index in [0.717, 1.165) is 12.8 Å². The fraction of sp³-hybridized carbons (Fsp3) is 0.923. The molecule has 1 amide bonds. The Hall–Kier alpha value is -0.320. The number of halogens is 1. The summed E-state index contributed by atoms with van der Waals surface area (Å²) >= 11 is 0. The van der Waals surface area contributed by atoms with Crippen molar-refractivity contribution in [2.75, 3.05) is 7.11 Å². The molecular formula is C13H27ClN2O2. The second-order valence-corrected chi connectivity index (χ2v) is 5.97. The quantitative estimate of drug-likeness (QED) is 0.807. The lowest BCUT2D eigenvalue weighted by atomic mass is 9.64. The topological polar surface area (TPSA) is 64.4 Å². The van der Waals surface area contributed by atoms with Crippen LogP contribution in [0.25, 0.3) is 0 Å². The van der Waals surface area contributed by atoms with Gasteiger partial charge in [-0.05, 0) is 19.8 Å². The van der Waals surface area contributed by atoms with E-state index in [1.54, 1.807) is 14.0 Å². The lowest BCUT2D eigenvalue weighted by Crippen LogP contribution is -2.65. The molecular weight excluding hydrogens is 252 g/mol. The molecule has 0 aliphatic heterocycles. The number of ether oxygens (including phenoxy) is 1. The summed E-state index contributed by atoms with van der Waals surface area (Å²) < 4.78 is 5.36. The van der Waals surface area contributed by atoms with Crippen molar-refractivity contribution in [1.29, 1.82) is 0 Å². The molecule has 1 aliphatic rings. The number of nitrogens with one attached hydrogen (secondary N) is 1. The largest absolute Gasteiger partial charge is 0.381 e. The van der Waals surface area contributed by atoms with Gasteiger partial charge in [0.15, 0.2) is 0 Å². The second-order valence-electron chi connectivity index (χ2n) is 5.97. The van der Waals surface area contributed by atoms with Crippen molar-refractivity contribution in [2.24, 2.45) is 11.1 Å². The molecule has 1 fully saturated rings. The van der Waals surface area contributed by atoms with E-state index >= 15 is 0 Å². The molecule has 5 heteroatoms. The summed E-state index contributed by atoms with van der Waals surface area (Å²) in [7, 11) is 1.72. The van der Waals surface area contributed by atoms with E-state index in [2.05, 4.69) is 19.2 Å². The van der Waals surface area contributed by atoms with Gasteiger partial charge in [0.05, 0.1) is 11.6 Å². The Morgan fingerprint density at radius 3 is 2.50 bits per heavy atom. The minimum atomic E-state index is -0.761. The van der Waals surface area contributed by atoms with Gasteiger partial charge in [0.1, 0.15) is 0 Å². The highest BCUT2D eigenvalue weighted by molar-refractivity contribution is 5.86. The number of amides is 1. The van der Waals surface area contributed by atoms with Gasteiger partial charge in [-0.3, -0.25) is 4.79 Å². The van der Waals surface area contributed by atoms with Crippen LogP contribution in [0.5, 0.6) is 0 Å². The van der Waals surface area contributed by atoms with Crippen LogP contribution < -0.4 is 11.1 Å². The number of methoxy groups -OCH3 is 1. The van der Waals surface area contributed by atoms with Crippen LogP contribution in [0.1, 0.15) is 47.0 Å². The minimum Gasteiger partial charge on any atom is -0.381 e. The maximum Gasteiger partial charge on any atom is 0.240 e. The van der Waals surface area contributed by atoms with Gasteiger partial charge in [0.25, 0.3) is 0 Å². The summed E-state index contributed by atoms with van der Waals surface area (Å²) in [5.74, 6) is -0.0491.